The SMILES string of the molecule is C[C@@H](Oc1cccc2c1CCCC2)C(=O)Nc1ccccc1C(=O)c1ccccc1. The number of carbonyl (C=O) groups excluding carboxylic acids is 2. The Hall–Kier alpha value is -3.40. The van der Waals surface area contributed by atoms with Crippen LogP contribution < -0.4 is 10.1 Å². The molecule has 0 saturated carbocycles. The maximum Gasteiger partial charge on any atom is 0.265 e. The number of nitrogens with one attached hydrogen (secondary N) is 1. The molecule has 3 aromatic carbocycles. The first kappa shape index (κ1) is 19.9. The molecule has 0 aliphatic heterocycles. The van der Waals surface area contributed by atoms with E-state index in [1.165, 1.54) is 17.5 Å². The first-order chi connectivity index (χ1) is 14.6. The van der Waals surface area contributed by atoms with Crippen LogP contribution in [-0.2, 0) is 17.6 Å². The molecule has 0 unspecified atom stereocenters. The maximum absolute atomic E-state index is 12.9. The fourth-order valence-corrected chi connectivity index (χ4v) is 3.87. The number of hydrogen-bond acceptors (Lipinski definition) is 3. The molecule has 0 aromatic heterocycles. The smallest absolute Gasteiger partial charge is 0.265 e. The topological polar surface area (TPSA) is 55.4 Å². The van der Waals surface area contributed by atoms with E-state index in [-0.39, 0.29) is 11.7 Å². The Morgan fingerprint density at radius 1 is 0.867 bits per heavy atom. The van der Waals surface area contributed by atoms with Gasteiger partial charge in [-0.05, 0) is 61.9 Å². The van der Waals surface area contributed by atoms with Gasteiger partial charge in [-0.25, -0.2) is 0 Å². The van der Waals surface area contributed by atoms with Gasteiger partial charge in [-0.2, -0.15) is 0 Å². The summed E-state index contributed by atoms with van der Waals surface area (Å²) in [6.07, 6.45) is 3.69. The van der Waals surface area contributed by atoms with Gasteiger partial charge in [0.15, 0.2) is 11.9 Å². The molecular weight excluding hydrogens is 374 g/mol. The predicted molar refractivity (Wildman–Crippen MR) is 118 cm³/mol. The van der Waals surface area contributed by atoms with Crippen molar-refractivity contribution in [3.63, 3.8) is 0 Å². The van der Waals surface area contributed by atoms with E-state index in [9.17, 15) is 9.59 Å². The summed E-state index contributed by atoms with van der Waals surface area (Å²) < 4.78 is 6.03. The van der Waals surface area contributed by atoms with Crippen molar-refractivity contribution >= 4 is 17.4 Å². The Bertz CT molecular complexity index is 1060. The van der Waals surface area contributed by atoms with Crippen LogP contribution in [0, 0.1) is 0 Å². The number of ether oxygens (including phenoxy) is 1. The zero-order chi connectivity index (χ0) is 20.9. The molecule has 4 heteroatoms. The number of aryl methyl sites for hydroxylation is 1. The minimum atomic E-state index is -0.682. The zero-order valence-electron chi connectivity index (χ0n) is 17.1. The summed E-state index contributed by atoms with van der Waals surface area (Å²) in [5.41, 5.74) is 4.05. The second-order valence-electron chi connectivity index (χ2n) is 7.59. The van der Waals surface area contributed by atoms with Crippen LogP contribution in [-0.4, -0.2) is 17.8 Å². The van der Waals surface area contributed by atoms with Crippen LogP contribution in [0.3, 0.4) is 0 Å². The van der Waals surface area contributed by atoms with Crippen LogP contribution in [0.25, 0.3) is 0 Å². The van der Waals surface area contributed by atoms with Crippen molar-refractivity contribution < 1.29 is 14.3 Å². The van der Waals surface area contributed by atoms with Crippen LogP contribution in [0.15, 0.2) is 72.8 Å². The van der Waals surface area contributed by atoms with Gasteiger partial charge in [-0.1, -0.05) is 54.6 Å². The molecule has 4 rings (SSSR count). The molecule has 0 spiro atoms. The molecule has 152 valence electrons. The molecule has 1 aliphatic carbocycles. The third-order valence-corrected chi connectivity index (χ3v) is 5.49. The van der Waals surface area contributed by atoms with Gasteiger partial charge in [0, 0.05) is 11.1 Å². The molecule has 4 nitrogen and oxygen atoms in total. The van der Waals surface area contributed by atoms with Gasteiger partial charge >= 0.3 is 0 Å². The zero-order valence-corrected chi connectivity index (χ0v) is 17.1. The highest BCUT2D eigenvalue weighted by Crippen LogP contribution is 2.30. The van der Waals surface area contributed by atoms with Gasteiger partial charge in [0.25, 0.3) is 5.91 Å². The highest BCUT2D eigenvalue weighted by atomic mass is 16.5. The Morgan fingerprint density at radius 3 is 2.43 bits per heavy atom. The monoisotopic (exact) mass is 399 g/mol. The van der Waals surface area contributed by atoms with Crippen LogP contribution in [0.4, 0.5) is 5.69 Å². The van der Waals surface area contributed by atoms with E-state index >= 15 is 0 Å². The molecule has 1 amide bonds. The van der Waals surface area contributed by atoms with Crippen LogP contribution in [0.5, 0.6) is 5.75 Å². The third kappa shape index (κ3) is 4.28. The van der Waals surface area contributed by atoms with Gasteiger partial charge in [-0.3, -0.25) is 9.59 Å². The molecule has 3 aromatic rings. The molecule has 1 aliphatic rings. The predicted octanol–water partition coefficient (Wildman–Crippen LogP) is 5.20. The summed E-state index contributed by atoms with van der Waals surface area (Å²) in [4.78, 5) is 25.7. The number of hydrogen-bond donors (Lipinski definition) is 1. The molecule has 0 heterocycles. The molecule has 0 radical (unpaired) electrons. The van der Waals surface area contributed by atoms with E-state index in [1.54, 1.807) is 43.3 Å². The summed E-state index contributed by atoms with van der Waals surface area (Å²) in [5.74, 6) is 0.373. The highest BCUT2D eigenvalue weighted by Gasteiger charge is 2.21. The van der Waals surface area contributed by atoms with Gasteiger partial charge in [-0.15, -0.1) is 0 Å². The second kappa shape index (κ2) is 8.95. The Balaban J connectivity index is 1.50. The Labute approximate surface area is 176 Å². The number of anilines is 1. The van der Waals surface area contributed by atoms with Gasteiger partial charge in [0.05, 0.1) is 5.69 Å². The molecule has 1 N–H and O–H groups in total. The van der Waals surface area contributed by atoms with E-state index in [1.807, 2.05) is 30.3 Å². The average Bonchev–Trinajstić information content (AvgIpc) is 2.80. The summed E-state index contributed by atoms with van der Waals surface area (Å²) in [7, 11) is 0. The van der Waals surface area contributed by atoms with Crippen molar-refractivity contribution in [1.29, 1.82) is 0 Å². The first-order valence-corrected chi connectivity index (χ1v) is 10.4. The number of ketones is 1. The fourth-order valence-electron chi connectivity index (χ4n) is 3.87. The van der Waals surface area contributed by atoms with Crippen molar-refractivity contribution in [2.24, 2.45) is 0 Å². The summed E-state index contributed by atoms with van der Waals surface area (Å²) in [6, 6.07) is 22.2. The Kier molecular flexibility index (Phi) is 5.94. The summed E-state index contributed by atoms with van der Waals surface area (Å²) >= 11 is 0. The number of rotatable bonds is 6. The number of benzene rings is 3. The number of para-hydroxylation sites is 1. The van der Waals surface area contributed by atoms with Crippen molar-refractivity contribution in [2.75, 3.05) is 5.32 Å². The molecule has 30 heavy (non-hydrogen) atoms. The standard InChI is InChI=1S/C26H25NO3/c1-18(30-24-17-9-13-19-10-5-6-14-21(19)24)26(29)27-23-16-8-7-15-22(23)25(28)20-11-3-2-4-12-20/h2-4,7-9,11-13,15-18H,5-6,10,14H2,1H3,(H,27,29)/t18-/m1/s1. The van der Waals surface area contributed by atoms with Crippen molar-refractivity contribution in [3.8, 4) is 5.75 Å². The Morgan fingerprint density at radius 2 is 1.60 bits per heavy atom. The normalized spacial score (nSPS) is 13.8. The minimum Gasteiger partial charge on any atom is -0.481 e. The lowest BCUT2D eigenvalue weighted by Gasteiger charge is -2.22. The fraction of sp³-hybridized carbons (Fsp3) is 0.231. The molecule has 0 fully saturated rings. The minimum absolute atomic E-state index is 0.128. The number of fused-ring (bicyclic) bond motifs is 1. The number of carbonyl (C=O) groups is 2. The molecule has 0 saturated heterocycles. The van der Waals surface area contributed by atoms with Crippen LogP contribution in [0.2, 0.25) is 0 Å². The summed E-state index contributed by atoms with van der Waals surface area (Å²) in [6.45, 7) is 1.74. The van der Waals surface area contributed by atoms with Gasteiger partial charge in [0.2, 0.25) is 0 Å². The van der Waals surface area contributed by atoms with E-state index < -0.39 is 6.10 Å². The third-order valence-electron chi connectivity index (χ3n) is 5.49. The molecule has 1 atom stereocenters. The molecule has 0 bridgehead atoms. The quantitative estimate of drug-likeness (QED) is 0.580. The molecular formula is C26H25NO3. The lowest BCUT2D eigenvalue weighted by molar-refractivity contribution is -0.122. The lowest BCUT2D eigenvalue weighted by Crippen LogP contribution is -2.31. The van der Waals surface area contributed by atoms with E-state index in [4.69, 9.17) is 4.74 Å². The van der Waals surface area contributed by atoms with Crippen LogP contribution in [0.1, 0.15) is 46.8 Å². The first-order valence-electron chi connectivity index (χ1n) is 10.4. The van der Waals surface area contributed by atoms with Gasteiger partial charge < -0.3 is 10.1 Å². The van der Waals surface area contributed by atoms with Gasteiger partial charge in [0.1, 0.15) is 5.75 Å². The van der Waals surface area contributed by atoms with E-state index in [2.05, 4.69) is 11.4 Å². The average molecular weight is 399 g/mol. The largest absolute Gasteiger partial charge is 0.481 e. The summed E-state index contributed by atoms with van der Waals surface area (Å²) in [5, 5.41) is 2.88. The maximum atomic E-state index is 12.9. The van der Waals surface area contributed by atoms with Crippen molar-refractivity contribution in [1.82, 2.24) is 0 Å². The second-order valence-corrected chi connectivity index (χ2v) is 7.59. The lowest BCUT2D eigenvalue weighted by atomic mass is 9.91. The number of amides is 1. The highest BCUT2D eigenvalue weighted by molar-refractivity contribution is 6.14. The van der Waals surface area contributed by atoms with Crippen molar-refractivity contribution in [2.45, 2.75) is 38.7 Å². The van der Waals surface area contributed by atoms with E-state index in [0.29, 0.717) is 16.8 Å². The van der Waals surface area contributed by atoms with Crippen LogP contribution >= 0.6 is 0 Å². The van der Waals surface area contributed by atoms with Crippen molar-refractivity contribution in [3.05, 3.63) is 95.1 Å². The van der Waals surface area contributed by atoms with E-state index in [0.717, 1.165) is 25.0 Å².